The van der Waals surface area contributed by atoms with Crippen molar-refractivity contribution in [3.05, 3.63) is 70.0 Å². The Bertz CT molecular complexity index is 982. The van der Waals surface area contributed by atoms with Crippen LogP contribution in [0.3, 0.4) is 0 Å². The number of ether oxygens (including phenoxy) is 2. The van der Waals surface area contributed by atoms with Crippen LogP contribution in [0.2, 0.25) is 5.02 Å². The van der Waals surface area contributed by atoms with E-state index in [9.17, 15) is 0 Å². The highest BCUT2D eigenvalue weighted by molar-refractivity contribution is 6.32. The molecule has 0 saturated heterocycles. The van der Waals surface area contributed by atoms with E-state index in [-0.39, 0.29) is 0 Å². The Kier molecular flexibility index (Phi) is 5.66. The summed E-state index contributed by atoms with van der Waals surface area (Å²) < 4.78 is 12.8. The van der Waals surface area contributed by atoms with Gasteiger partial charge in [0.15, 0.2) is 0 Å². The molecule has 7 heteroatoms. The minimum absolute atomic E-state index is 0.319. The van der Waals surface area contributed by atoms with E-state index in [0.29, 0.717) is 23.3 Å². The molecule has 0 atom stereocenters. The maximum Gasteiger partial charge on any atom is 0.221 e. The Morgan fingerprint density at radius 3 is 2.63 bits per heavy atom. The van der Waals surface area contributed by atoms with Crippen molar-refractivity contribution < 1.29 is 9.47 Å². The number of aryl methyl sites for hydroxylation is 2. The van der Waals surface area contributed by atoms with Gasteiger partial charge in [0.1, 0.15) is 18.1 Å². The van der Waals surface area contributed by atoms with Gasteiger partial charge >= 0.3 is 0 Å². The Morgan fingerprint density at radius 1 is 1.19 bits per heavy atom. The summed E-state index contributed by atoms with van der Waals surface area (Å²) in [5, 5.41) is 4.92. The van der Waals surface area contributed by atoms with Gasteiger partial charge in [-0.05, 0) is 55.3 Å². The third-order valence-corrected chi connectivity index (χ3v) is 4.24. The first-order chi connectivity index (χ1) is 13.0. The molecule has 3 aromatic rings. The molecule has 0 aliphatic carbocycles. The van der Waals surface area contributed by atoms with E-state index in [2.05, 4.69) is 10.1 Å². The molecule has 140 valence electrons. The Labute approximate surface area is 163 Å². The average Bonchev–Trinajstić information content (AvgIpc) is 2.96. The predicted octanol–water partition coefficient (Wildman–Crippen LogP) is 4.21. The Morgan fingerprint density at radius 2 is 1.96 bits per heavy atom. The number of rotatable bonds is 6. The number of hydrogen-bond acceptors (Lipinski definition) is 5. The first-order valence-corrected chi connectivity index (χ1v) is 8.75. The summed E-state index contributed by atoms with van der Waals surface area (Å²) in [5.74, 6) is 1.70. The molecule has 0 radical (unpaired) electrons. The molecular weight excluding hydrogens is 364 g/mol. The van der Waals surface area contributed by atoms with Crippen LogP contribution in [-0.4, -0.2) is 23.0 Å². The van der Waals surface area contributed by atoms with Crippen LogP contribution in [0.25, 0.3) is 0 Å². The third-order valence-electron chi connectivity index (χ3n) is 3.94. The summed E-state index contributed by atoms with van der Waals surface area (Å²) in [7, 11) is 1.63. The zero-order valence-electron chi connectivity index (χ0n) is 15.4. The second-order valence-corrected chi connectivity index (χ2v) is 6.53. The van der Waals surface area contributed by atoms with Crippen molar-refractivity contribution in [1.82, 2.24) is 9.66 Å². The standard InChI is InChI=1S/C20H21ClN4O2/c1-13-4-6-19(17(21)8-13)27-12-16-9-15(5-7-18(16)26-3)10-23-25-11-14(2)24-20(25)22/h4-11H,12H2,1-3H3,(H2,22,24). The van der Waals surface area contributed by atoms with E-state index < -0.39 is 0 Å². The minimum atomic E-state index is 0.319. The number of nitrogens with two attached hydrogens (primary N) is 1. The van der Waals surface area contributed by atoms with Gasteiger partial charge in [0.05, 0.1) is 30.2 Å². The number of halogens is 1. The first-order valence-electron chi connectivity index (χ1n) is 8.38. The van der Waals surface area contributed by atoms with E-state index >= 15 is 0 Å². The maximum atomic E-state index is 6.24. The average molecular weight is 385 g/mol. The lowest BCUT2D eigenvalue weighted by atomic mass is 10.1. The van der Waals surface area contributed by atoms with E-state index in [0.717, 1.165) is 28.1 Å². The van der Waals surface area contributed by atoms with Crippen molar-refractivity contribution in [3.63, 3.8) is 0 Å². The highest BCUT2D eigenvalue weighted by atomic mass is 35.5. The summed E-state index contributed by atoms with van der Waals surface area (Å²) in [6, 6.07) is 11.4. The molecule has 0 unspecified atom stereocenters. The van der Waals surface area contributed by atoms with Crippen molar-refractivity contribution in [1.29, 1.82) is 0 Å². The third kappa shape index (κ3) is 4.60. The number of imidazole rings is 1. The molecule has 0 saturated carbocycles. The van der Waals surface area contributed by atoms with Crippen LogP contribution in [0.15, 0.2) is 47.7 Å². The molecule has 3 rings (SSSR count). The largest absolute Gasteiger partial charge is 0.496 e. The van der Waals surface area contributed by atoms with Gasteiger partial charge in [0.25, 0.3) is 0 Å². The lowest BCUT2D eigenvalue weighted by Crippen LogP contribution is -2.01. The van der Waals surface area contributed by atoms with E-state index in [1.54, 1.807) is 19.5 Å². The number of benzene rings is 2. The molecule has 0 amide bonds. The Balaban J connectivity index is 1.79. The van der Waals surface area contributed by atoms with Crippen LogP contribution < -0.4 is 15.2 Å². The van der Waals surface area contributed by atoms with Gasteiger partial charge in [0.2, 0.25) is 5.95 Å². The van der Waals surface area contributed by atoms with Gasteiger partial charge in [-0.3, -0.25) is 0 Å². The van der Waals surface area contributed by atoms with E-state index in [1.165, 1.54) is 4.68 Å². The van der Waals surface area contributed by atoms with Crippen LogP contribution in [0, 0.1) is 13.8 Å². The van der Waals surface area contributed by atoms with Gasteiger partial charge in [-0.25, -0.2) is 9.66 Å². The van der Waals surface area contributed by atoms with Crippen molar-refractivity contribution in [2.24, 2.45) is 5.10 Å². The van der Waals surface area contributed by atoms with Gasteiger partial charge in [-0.2, -0.15) is 5.10 Å². The fourth-order valence-electron chi connectivity index (χ4n) is 2.60. The van der Waals surface area contributed by atoms with Crippen molar-refractivity contribution in [2.75, 3.05) is 12.8 Å². The van der Waals surface area contributed by atoms with Crippen LogP contribution in [0.1, 0.15) is 22.4 Å². The molecule has 0 fully saturated rings. The molecule has 0 aliphatic heterocycles. The molecule has 0 spiro atoms. The molecule has 1 aromatic heterocycles. The first kappa shape index (κ1) is 18.8. The van der Waals surface area contributed by atoms with Gasteiger partial charge in [-0.1, -0.05) is 17.7 Å². The number of hydrogen-bond donors (Lipinski definition) is 1. The highest BCUT2D eigenvalue weighted by Crippen LogP contribution is 2.28. The smallest absolute Gasteiger partial charge is 0.221 e. The van der Waals surface area contributed by atoms with Gasteiger partial charge in [-0.15, -0.1) is 0 Å². The molecular formula is C20H21ClN4O2. The SMILES string of the molecule is COc1ccc(C=Nn2cc(C)nc2N)cc1COc1ccc(C)cc1Cl. The normalized spacial score (nSPS) is 11.1. The zero-order valence-corrected chi connectivity index (χ0v) is 16.2. The predicted molar refractivity (Wildman–Crippen MR) is 108 cm³/mol. The van der Waals surface area contributed by atoms with Crippen LogP contribution in [0.4, 0.5) is 5.95 Å². The molecule has 0 bridgehead atoms. The second-order valence-electron chi connectivity index (χ2n) is 6.12. The van der Waals surface area contributed by atoms with E-state index in [1.807, 2.05) is 50.2 Å². The maximum absolute atomic E-state index is 6.24. The van der Waals surface area contributed by atoms with Gasteiger partial charge < -0.3 is 15.2 Å². The Hall–Kier alpha value is -2.99. The zero-order chi connectivity index (χ0) is 19.4. The quantitative estimate of drug-likeness (QED) is 0.646. The monoisotopic (exact) mass is 384 g/mol. The van der Waals surface area contributed by atoms with Crippen LogP contribution in [0.5, 0.6) is 11.5 Å². The molecule has 2 aromatic carbocycles. The van der Waals surface area contributed by atoms with Crippen molar-refractivity contribution in [2.45, 2.75) is 20.5 Å². The summed E-state index contributed by atoms with van der Waals surface area (Å²) in [6.07, 6.45) is 3.47. The lowest BCUT2D eigenvalue weighted by Gasteiger charge is -2.12. The van der Waals surface area contributed by atoms with Crippen molar-refractivity contribution in [3.8, 4) is 11.5 Å². The fourth-order valence-corrected chi connectivity index (χ4v) is 2.88. The highest BCUT2D eigenvalue weighted by Gasteiger charge is 2.08. The topological polar surface area (TPSA) is 74.7 Å². The minimum Gasteiger partial charge on any atom is -0.496 e. The van der Waals surface area contributed by atoms with Gasteiger partial charge in [0, 0.05) is 5.56 Å². The molecule has 1 heterocycles. The van der Waals surface area contributed by atoms with Crippen molar-refractivity contribution >= 4 is 23.8 Å². The van der Waals surface area contributed by atoms with E-state index in [4.69, 9.17) is 26.8 Å². The summed E-state index contributed by atoms with van der Waals surface area (Å²) in [5.41, 5.74) is 9.46. The summed E-state index contributed by atoms with van der Waals surface area (Å²) >= 11 is 6.24. The second kappa shape index (κ2) is 8.14. The molecule has 6 nitrogen and oxygen atoms in total. The van der Waals surface area contributed by atoms with Crippen LogP contribution >= 0.6 is 11.6 Å². The number of anilines is 1. The molecule has 27 heavy (non-hydrogen) atoms. The number of methoxy groups -OCH3 is 1. The number of nitrogens with zero attached hydrogens (tertiary/aromatic N) is 3. The lowest BCUT2D eigenvalue weighted by molar-refractivity contribution is 0.297. The number of aromatic nitrogens is 2. The molecule has 0 aliphatic rings. The van der Waals surface area contributed by atoms with Crippen LogP contribution in [-0.2, 0) is 6.61 Å². The summed E-state index contributed by atoms with van der Waals surface area (Å²) in [4.78, 5) is 4.12. The summed E-state index contributed by atoms with van der Waals surface area (Å²) in [6.45, 7) is 4.16. The number of nitrogen functional groups attached to an aromatic ring is 1. The fraction of sp³-hybridized carbons (Fsp3) is 0.200. The molecule has 2 N–H and O–H groups in total.